The first-order valence-corrected chi connectivity index (χ1v) is 11.5. The van der Waals surface area contributed by atoms with E-state index in [9.17, 15) is 13.2 Å². The number of nitrogens with one attached hydrogen (secondary N) is 1. The van der Waals surface area contributed by atoms with Crippen molar-refractivity contribution in [3.63, 3.8) is 0 Å². The molecule has 0 radical (unpaired) electrons. The molecule has 1 aliphatic heterocycles. The van der Waals surface area contributed by atoms with E-state index in [2.05, 4.69) is 10.2 Å². The van der Waals surface area contributed by atoms with Crippen molar-refractivity contribution in [1.29, 1.82) is 0 Å². The van der Waals surface area contributed by atoms with Gasteiger partial charge >= 0.3 is 0 Å². The number of rotatable bonds is 6. The van der Waals surface area contributed by atoms with Gasteiger partial charge in [-0.2, -0.15) is 4.31 Å². The largest absolute Gasteiger partial charge is 0.368 e. The minimum atomic E-state index is -3.14. The molecule has 0 aromatic heterocycles. The summed E-state index contributed by atoms with van der Waals surface area (Å²) in [7, 11) is -3.14. The van der Waals surface area contributed by atoms with Crippen LogP contribution in [0.2, 0.25) is 0 Å². The zero-order valence-corrected chi connectivity index (χ0v) is 16.8. The predicted octanol–water partition coefficient (Wildman–Crippen LogP) is 2.50. The van der Waals surface area contributed by atoms with E-state index < -0.39 is 10.0 Å². The Morgan fingerprint density at radius 1 is 1.00 bits per heavy atom. The van der Waals surface area contributed by atoms with Crippen molar-refractivity contribution in [3.8, 4) is 0 Å². The molecule has 6 nitrogen and oxygen atoms in total. The standard InChI is InChI=1S/C19H23N3O3S2/c1-27(24,25)22-13-11-21(12-14-22)17-9-5-6-10-18(17)26-15-19(23)20-16-7-3-2-4-8-16/h2-10H,11-15H2,1H3,(H,20,23). The monoisotopic (exact) mass is 405 g/mol. The van der Waals surface area contributed by atoms with E-state index in [0.29, 0.717) is 31.9 Å². The number of carbonyl (C=O) groups excluding carboxylic acids is 1. The third-order valence-electron chi connectivity index (χ3n) is 4.33. The SMILES string of the molecule is CS(=O)(=O)N1CCN(c2ccccc2SCC(=O)Nc2ccccc2)CC1. The summed E-state index contributed by atoms with van der Waals surface area (Å²) < 4.78 is 24.9. The van der Waals surface area contributed by atoms with Gasteiger partial charge in [-0.25, -0.2) is 8.42 Å². The Labute approximate surface area is 164 Å². The average molecular weight is 406 g/mol. The van der Waals surface area contributed by atoms with Gasteiger partial charge in [-0.1, -0.05) is 30.3 Å². The number of carbonyl (C=O) groups is 1. The van der Waals surface area contributed by atoms with Crippen LogP contribution in [0.3, 0.4) is 0 Å². The number of hydrogen-bond acceptors (Lipinski definition) is 5. The van der Waals surface area contributed by atoms with Crippen molar-refractivity contribution in [1.82, 2.24) is 4.31 Å². The normalized spacial score (nSPS) is 15.5. The molecular weight excluding hydrogens is 382 g/mol. The van der Waals surface area contributed by atoms with Gasteiger partial charge in [0.2, 0.25) is 15.9 Å². The highest BCUT2D eigenvalue weighted by Gasteiger charge is 2.24. The number of amides is 1. The molecule has 2 aromatic rings. The van der Waals surface area contributed by atoms with E-state index in [-0.39, 0.29) is 5.91 Å². The van der Waals surface area contributed by atoms with Gasteiger partial charge in [0.05, 0.1) is 17.7 Å². The summed E-state index contributed by atoms with van der Waals surface area (Å²) in [6, 6.07) is 17.3. The zero-order chi connectivity index (χ0) is 19.3. The Morgan fingerprint density at radius 3 is 2.30 bits per heavy atom. The molecule has 1 N–H and O–H groups in total. The fourth-order valence-electron chi connectivity index (χ4n) is 2.96. The van der Waals surface area contributed by atoms with Crippen molar-refractivity contribution in [3.05, 3.63) is 54.6 Å². The molecular formula is C19H23N3O3S2. The quantitative estimate of drug-likeness (QED) is 0.748. The maximum atomic E-state index is 12.2. The maximum Gasteiger partial charge on any atom is 0.234 e. The number of benzene rings is 2. The molecule has 8 heteroatoms. The van der Waals surface area contributed by atoms with Crippen LogP contribution in [0.4, 0.5) is 11.4 Å². The van der Waals surface area contributed by atoms with Gasteiger partial charge in [0, 0.05) is 36.8 Å². The van der Waals surface area contributed by atoms with E-state index >= 15 is 0 Å². The lowest BCUT2D eigenvalue weighted by atomic mass is 10.2. The van der Waals surface area contributed by atoms with E-state index in [0.717, 1.165) is 16.3 Å². The first kappa shape index (κ1) is 19.7. The number of thioether (sulfide) groups is 1. The van der Waals surface area contributed by atoms with Crippen LogP contribution in [0, 0.1) is 0 Å². The second kappa shape index (κ2) is 8.77. The molecule has 3 rings (SSSR count). The third-order valence-corrected chi connectivity index (χ3v) is 6.70. The van der Waals surface area contributed by atoms with Gasteiger partial charge in [-0.3, -0.25) is 4.79 Å². The van der Waals surface area contributed by atoms with E-state index in [1.54, 1.807) is 0 Å². The van der Waals surface area contributed by atoms with Gasteiger partial charge in [0.15, 0.2) is 0 Å². The van der Waals surface area contributed by atoms with Gasteiger partial charge < -0.3 is 10.2 Å². The predicted molar refractivity (Wildman–Crippen MR) is 111 cm³/mol. The van der Waals surface area contributed by atoms with Gasteiger partial charge in [0.25, 0.3) is 0 Å². The molecule has 1 amide bonds. The number of sulfonamides is 1. The Bertz CT molecular complexity index is 880. The molecule has 0 spiro atoms. The van der Waals surface area contributed by atoms with E-state index in [4.69, 9.17) is 0 Å². The van der Waals surface area contributed by atoms with Crippen LogP contribution in [-0.2, 0) is 14.8 Å². The molecule has 1 aliphatic rings. The lowest BCUT2D eigenvalue weighted by Gasteiger charge is -2.35. The van der Waals surface area contributed by atoms with Gasteiger partial charge in [-0.15, -0.1) is 11.8 Å². The van der Waals surface area contributed by atoms with Gasteiger partial charge in [-0.05, 0) is 24.3 Å². The topological polar surface area (TPSA) is 69.7 Å². The number of nitrogens with zero attached hydrogens (tertiary/aromatic N) is 2. The highest BCUT2D eigenvalue weighted by Crippen LogP contribution is 2.31. The minimum Gasteiger partial charge on any atom is -0.368 e. The minimum absolute atomic E-state index is 0.0529. The average Bonchev–Trinajstić information content (AvgIpc) is 2.67. The van der Waals surface area contributed by atoms with Crippen LogP contribution in [0.5, 0.6) is 0 Å². The third kappa shape index (κ3) is 5.47. The smallest absolute Gasteiger partial charge is 0.234 e. The summed E-state index contributed by atoms with van der Waals surface area (Å²) in [6.07, 6.45) is 1.25. The van der Waals surface area contributed by atoms with Crippen molar-refractivity contribution in [2.45, 2.75) is 4.90 Å². The van der Waals surface area contributed by atoms with Gasteiger partial charge in [0.1, 0.15) is 0 Å². The Balaban J connectivity index is 1.60. The summed E-state index contributed by atoms with van der Waals surface area (Å²) in [5, 5.41) is 2.89. The number of para-hydroxylation sites is 2. The number of hydrogen-bond donors (Lipinski definition) is 1. The summed E-state index contributed by atoms with van der Waals surface area (Å²) in [5.41, 5.74) is 1.83. The lowest BCUT2D eigenvalue weighted by Crippen LogP contribution is -2.48. The molecule has 1 heterocycles. The number of anilines is 2. The van der Waals surface area contributed by atoms with Crippen LogP contribution >= 0.6 is 11.8 Å². The zero-order valence-electron chi connectivity index (χ0n) is 15.2. The molecule has 0 atom stereocenters. The molecule has 2 aromatic carbocycles. The summed E-state index contributed by atoms with van der Waals surface area (Å²) in [5.74, 6) is 0.262. The molecule has 0 unspecified atom stereocenters. The molecule has 0 aliphatic carbocycles. The van der Waals surface area contributed by atoms with E-state index in [1.165, 1.54) is 22.3 Å². The van der Waals surface area contributed by atoms with Crippen LogP contribution in [0.15, 0.2) is 59.5 Å². The first-order chi connectivity index (χ1) is 12.9. The lowest BCUT2D eigenvalue weighted by molar-refractivity contribution is -0.113. The Morgan fingerprint density at radius 2 is 1.63 bits per heavy atom. The molecule has 1 saturated heterocycles. The van der Waals surface area contributed by atoms with Crippen LogP contribution in [-0.4, -0.2) is 56.8 Å². The fourth-order valence-corrected chi connectivity index (χ4v) is 4.67. The molecule has 27 heavy (non-hydrogen) atoms. The van der Waals surface area contributed by atoms with Crippen molar-refractivity contribution in [2.24, 2.45) is 0 Å². The Hall–Kier alpha value is -2.03. The molecule has 0 saturated carbocycles. The van der Waals surface area contributed by atoms with Crippen molar-refractivity contribution in [2.75, 3.05) is 48.4 Å². The fraction of sp³-hybridized carbons (Fsp3) is 0.316. The highest BCUT2D eigenvalue weighted by molar-refractivity contribution is 8.00. The van der Waals surface area contributed by atoms with Crippen LogP contribution in [0.25, 0.3) is 0 Å². The number of piperazine rings is 1. The summed E-state index contributed by atoms with van der Waals surface area (Å²) in [4.78, 5) is 15.4. The van der Waals surface area contributed by atoms with E-state index in [1.807, 2.05) is 54.6 Å². The summed E-state index contributed by atoms with van der Waals surface area (Å²) in [6.45, 7) is 2.24. The second-order valence-corrected chi connectivity index (χ2v) is 9.32. The van der Waals surface area contributed by atoms with Crippen LogP contribution < -0.4 is 10.2 Å². The Kier molecular flexibility index (Phi) is 6.41. The first-order valence-electron chi connectivity index (χ1n) is 8.70. The maximum absolute atomic E-state index is 12.2. The molecule has 1 fully saturated rings. The van der Waals surface area contributed by atoms with Crippen molar-refractivity contribution < 1.29 is 13.2 Å². The molecule has 144 valence electrons. The van der Waals surface area contributed by atoms with Crippen LogP contribution in [0.1, 0.15) is 0 Å². The highest BCUT2D eigenvalue weighted by atomic mass is 32.2. The van der Waals surface area contributed by atoms with Crippen molar-refractivity contribution >= 4 is 39.1 Å². The summed E-state index contributed by atoms with van der Waals surface area (Å²) >= 11 is 1.49. The second-order valence-electron chi connectivity index (χ2n) is 6.32. The molecule has 0 bridgehead atoms.